The standard InChI is InChI=1S/C22H20N2O2/c25-22(26)20-12-19(20)18-9-10-21(24-14-18)23-13-15-5-4-8-17(11-15)16-6-2-1-3-7-16/h1-11,14,19-20H,12-13H2,(H,23,24)(H,25,26)/t19-,20?/m1/s1. The molecule has 0 aliphatic heterocycles. The highest BCUT2D eigenvalue weighted by atomic mass is 16.4. The maximum Gasteiger partial charge on any atom is 0.307 e. The Morgan fingerprint density at radius 3 is 2.54 bits per heavy atom. The molecule has 0 spiro atoms. The van der Waals surface area contributed by atoms with Gasteiger partial charge in [-0.2, -0.15) is 0 Å². The van der Waals surface area contributed by atoms with Crippen LogP contribution in [0.1, 0.15) is 23.5 Å². The van der Waals surface area contributed by atoms with Gasteiger partial charge in [-0.15, -0.1) is 0 Å². The lowest BCUT2D eigenvalue weighted by molar-refractivity contribution is -0.138. The summed E-state index contributed by atoms with van der Waals surface area (Å²) in [6, 6.07) is 22.7. The van der Waals surface area contributed by atoms with E-state index >= 15 is 0 Å². The fourth-order valence-corrected chi connectivity index (χ4v) is 3.25. The number of hydrogen-bond acceptors (Lipinski definition) is 3. The second kappa shape index (κ2) is 7.00. The van der Waals surface area contributed by atoms with E-state index in [2.05, 4.69) is 46.7 Å². The molecular weight excluding hydrogens is 324 g/mol. The van der Waals surface area contributed by atoms with Crippen molar-refractivity contribution >= 4 is 11.8 Å². The van der Waals surface area contributed by atoms with Crippen LogP contribution in [0.5, 0.6) is 0 Å². The zero-order valence-electron chi connectivity index (χ0n) is 14.3. The molecule has 130 valence electrons. The molecular formula is C22H20N2O2. The molecule has 2 atom stereocenters. The van der Waals surface area contributed by atoms with Crippen LogP contribution in [-0.2, 0) is 11.3 Å². The van der Waals surface area contributed by atoms with E-state index in [9.17, 15) is 4.79 Å². The predicted octanol–water partition coefficient (Wildman–Crippen LogP) is 4.55. The quantitative estimate of drug-likeness (QED) is 0.689. The van der Waals surface area contributed by atoms with Gasteiger partial charge in [-0.1, -0.05) is 54.6 Å². The number of aliphatic carboxylic acids is 1. The number of benzene rings is 2. The summed E-state index contributed by atoms with van der Waals surface area (Å²) in [7, 11) is 0. The molecule has 4 heteroatoms. The highest BCUT2D eigenvalue weighted by molar-refractivity contribution is 5.75. The second-order valence-corrected chi connectivity index (χ2v) is 6.68. The summed E-state index contributed by atoms with van der Waals surface area (Å²) < 4.78 is 0. The van der Waals surface area contributed by atoms with Crippen LogP contribution in [0, 0.1) is 5.92 Å². The van der Waals surface area contributed by atoms with E-state index in [0.717, 1.165) is 17.8 Å². The Bertz CT molecular complexity index is 907. The third-order valence-electron chi connectivity index (χ3n) is 4.83. The second-order valence-electron chi connectivity index (χ2n) is 6.68. The van der Waals surface area contributed by atoms with Crippen molar-refractivity contribution in [1.82, 2.24) is 4.98 Å². The Hall–Kier alpha value is -3.14. The highest BCUT2D eigenvalue weighted by Crippen LogP contribution is 2.47. The predicted molar refractivity (Wildman–Crippen MR) is 102 cm³/mol. The number of carbonyl (C=O) groups is 1. The summed E-state index contributed by atoms with van der Waals surface area (Å²) in [6.45, 7) is 0.689. The van der Waals surface area contributed by atoms with Crippen LogP contribution >= 0.6 is 0 Å². The number of pyridine rings is 1. The average Bonchev–Trinajstić information content (AvgIpc) is 3.49. The van der Waals surface area contributed by atoms with Crippen LogP contribution in [0.2, 0.25) is 0 Å². The molecule has 26 heavy (non-hydrogen) atoms. The number of nitrogens with zero attached hydrogens (tertiary/aromatic N) is 1. The maximum atomic E-state index is 11.0. The van der Waals surface area contributed by atoms with Crippen LogP contribution in [0.25, 0.3) is 11.1 Å². The van der Waals surface area contributed by atoms with Gasteiger partial charge in [0, 0.05) is 12.7 Å². The number of aromatic nitrogens is 1. The minimum absolute atomic E-state index is 0.122. The zero-order valence-corrected chi connectivity index (χ0v) is 14.3. The van der Waals surface area contributed by atoms with Gasteiger partial charge in [-0.05, 0) is 46.7 Å². The number of carboxylic acids is 1. The molecule has 4 rings (SSSR count). The van der Waals surface area contributed by atoms with E-state index in [-0.39, 0.29) is 11.8 Å². The molecule has 1 saturated carbocycles. The fraction of sp³-hybridized carbons (Fsp3) is 0.182. The van der Waals surface area contributed by atoms with Crippen molar-refractivity contribution < 1.29 is 9.90 Å². The third-order valence-corrected chi connectivity index (χ3v) is 4.83. The van der Waals surface area contributed by atoms with E-state index < -0.39 is 5.97 Å². The lowest BCUT2D eigenvalue weighted by Gasteiger charge is -2.09. The molecule has 0 saturated heterocycles. The Kier molecular flexibility index (Phi) is 4.40. The van der Waals surface area contributed by atoms with Crippen molar-refractivity contribution in [3.63, 3.8) is 0 Å². The van der Waals surface area contributed by atoms with Crippen LogP contribution in [0.3, 0.4) is 0 Å². The first-order chi connectivity index (χ1) is 12.7. The molecule has 2 aromatic carbocycles. The zero-order chi connectivity index (χ0) is 17.9. The first-order valence-electron chi connectivity index (χ1n) is 8.78. The van der Waals surface area contributed by atoms with E-state index in [1.54, 1.807) is 6.20 Å². The van der Waals surface area contributed by atoms with Crippen LogP contribution in [0.15, 0.2) is 72.9 Å². The largest absolute Gasteiger partial charge is 0.481 e. The van der Waals surface area contributed by atoms with Crippen molar-refractivity contribution in [3.05, 3.63) is 84.1 Å². The van der Waals surface area contributed by atoms with Crippen molar-refractivity contribution in [1.29, 1.82) is 0 Å². The lowest BCUT2D eigenvalue weighted by atomic mass is 10.0. The average molecular weight is 344 g/mol. The molecule has 1 fully saturated rings. The first kappa shape index (κ1) is 16.3. The molecule has 1 aliphatic carbocycles. The van der Waals surface area contributed by atoms with Crippen molar-refractivity contribution in [2.75, 3.05) is 5.32 Å². The molecule has 2 N–H and O–H groups in total. The number of rotatable bonds is 6. The highest BCUT2D eigenvalue weighted by Gasteiger charge is 2.44. The summed E-state index contributed by atoms with van der Waals surface area (Å²) in [5, 5.41) is 12.4. The van der Waals surface area contributed by atoms with Gasteiger partial charge in [0.25, 0.3) is 0 Å². The molecule has 1 heterocycles. The van der Waals surface area contributed by atoms with Gasteiger partial charge >= 0.3 is 5.97 Å². The van der Waals surface area contributed by atoms with Crippen LogP contribution in [-0.4, -0.2) is 16.1 Å². The summed E-state index contributed by atoms with van der Waals surface area (Å²) in [5.74, 6) is -0.0326. The van der Waals surface area contributed by atoms with Crippen molar-refractivity contribution in [3.8, 4) is 11.1 Å². The van der Waals surface area contributed by atoms with Gasteiger partial charge in [0.15, 0.2) is 0 Å². The number of anilines is 1. The molecule has 1 unspecified atom stereocenters. The molecule has 0 radical (unpaired) electrons. The van der Waals surface area contributed by atoms with E-state index in [4.69, 9.17) is 5.11 Å². The normalized spacial score (nSPS) is 18.3. The van der Waals surface area contributed by atoms with Crippen LogP contribution < -0.4 is 5.32 Å². The monoisotopic (exact) mass is 344 g/mol. The molecule has 0 bridgehead atoms. The van der Waals surface area contributed by atoms with E-state index in [1.165, 1.54) is 16.7 Å². The molecule has 1 aromatic heterocycles. The molecule has 4 nitrogen and oxygen atoms in total. The fourth-order valence-electron chi connectivity index (χ4n) is 3.25. The Morgan fingerprint density at radius 1 is 1.04 bits per heavy atom. The van der Waals surface area contributed by atoms with Gasteiger partial charge in [0.05, 0.1) is 5.92 Å². The minimum atomic E-state index is -0.713. The van der Waals surface area contributed by atoms with Crippen LogP contribution in [0.4, 0.5) is 5.82 Å². The van der Waals surface area contributed by atoms with Gasteiger partial charge in [-0.25, -0.2) is 4.98 Å². The van der Waals surface area contributed by atoms with Crippen molar-refractivity contribution in [2.45, 2.75) is 18.9 Å². The Labute approximate surface area is 152 Å². The minimum Gasteiger partial charge on any atom is -0.481 e. The topological polar surface area (TPSA) is 62.2 Å². The number of hydrogen-bond donors (Lipinski definition) is 2. The Balaban J connectivity index is 1.39. The third kappa shape index (κ3) is 3.59. The maximum absolute atomic E-state index is 11.0. The van der Waals surface area contributed by atoms with Crippen molar-refractivity contribution in [2.24, 2.45) is 5.92 Å². The first-order valence-corrected chi connectivity index (χ1v) is 8.78. The lowest BCUT2D eigenvalue weighted by Crippen LogP contribution is -2.02. The summed E-state index contributed by atoms with van der Waals surface area (Å²) in [5.41, 5.74) is 4.59. The summed E-state index contributed by atoms with van der Waals surface area (Å²) in [4.78, 5) is 15.4. The molecule has 0 amide bonds. The number of carboxylic acid groups (broad SMARTS) is 1. The van der Waals surface area contributed by atoms with Gasteiger partial charge in [-0.3, -0.25) is 4.79 Å². The number of nitrogens with one attached hydrogen (secondary N) is 1. The SMILES string of the molecule is O=C(O)C1C[C@@H]1c1ccc(NCc2cccc(-c3ccccc3)c2)nc1. The van der Waals surface area contributed by atoms with Gasteiger partial charge in [0.2, 0.25) is 0 Å². The molecule has 1 aliphatic rings. The van der Waals surface area contributed by atoms with E-state index in [0.29, 0.717) is 6.54 Å². The van der Waals surface area contributed by atoms with E-state index in [1.807, 2.05) is 30.3 Å². The molecule has 3 aromatic rings. The Morgan fingerprint density at radius 2 is 1.85 bits per heavy atom. The van der Waals surface area contributed by atoms with Gasteiger partial charge in [0.1, 0.15) is 5.82 Å². The van der Waals surface area contributed by atoms with Gasteiger partial charge < -0.3 is 10.4 Å². The summed E-state index contributed by atoms with van der Waals surface area (Å²) >= 11 is 0. The smallest absolute Gasteiger partial charge is 0.307 e. The summed E-state index contributed by atoms with van der Waals surface area (Å²) in [6.07, 6.45) is 2.51.